The Kier molecular flexibility index (Phi) is 5.35. The number of quaternary nitrogens is 1. The molecule has 3 aromatic rings. The van der Waals surface area contributed by atoms with Crippen LogP contribution >= 0.6 is 0 Å². The van der Waals surface area contributed by atoms with Gasteiger partial charge in [-0.1, -0.05) is 24.3 Å². The van der Waals surface area contributed by atoms with Gasteiger partial charge in [0.2, 0.25) is 0 Å². The van der Waals surface area contributed by atoms with Gasteiger partial charge in [-0.2, -0.15) is 0 Å². The van der Waals surface area contributed by atoms with Gasteiger partial charge in [0.1, 0.15) is 6.54 Å². The zero-order valence-electron chi connectivity index (χ0n) is 15.5. The summed E-state index contributed by atoms with van der Waals surface area (Å²) >= 11 is 0. The number of amides is 1. The highest BCUT2D eigenvalue weighted by Crippen LogP contribution is 2.11. The average Bonchev–Trinajstić information content (AvgIpc) is 3.41. The largest absolute Gasteiger partial charge is 0.348 e. The lowest BCUT2D eigenvalue weighted by Gasteiger charge is -2.15. The molecule has 138 valence electrons. The third kappa shape index (κ3) is 4.29. The first-order valence-electron chi connectivity index (χ1n) is 9.71. The summed E-state index contributed by atoms with van der Waals surface area (Å²) in [4.78, 5) is 14.2. The normalized spacial score (nSPS) is 14.4. The summed E-state index contributed by atoms with van der Waals surface area (Å²) in [5, 5.41) is 3.08. The van der Waals surface area contributed by atoms with Gasteiger partial charge < -0.3 is 14.8 Å². The van der Waals surface area contributed by atoms with Crippen molar-refractivity contribution in [3.63, 3.8) is 0 Å². The van der Waals surface area contributed by atoms with Crippen molar-refractivity contribution in [2.75, 3.05) is 13.1 Å². The van der Waals surface area contributed by atoms with E-state index in [-0.39, 0.29) is 5.91 Å². The van der Waals surface area contributed by atoms with Crippen LogP contribution in [-0.2, 0) is 13.1 Å². The highest BCUT2D eigenvalue weighted by Gasteiger charge is 2.17. The molecule has 1 amide bonds. The molecule has 27 heavy (non-hydrogen) atoms. The molecule has 0 radical (unpaired) electrons. The summed E-state index contributed by atoms with van der Waals surface area (Å²) < 4.78 is 2.03. The van der Waals surface area contributed by atoms with Crippen LogP contribution in [0.2, 0.25) is 0 Å². The van der Waals surface area contributed by atoms with E-state index >= 15 is 0 Å². The summed E-state index contributed by atoms with van der Waals surface area (Å²) in [6.07, 6.45) is 6.64. The van der Waals surface area contributed by atoms with Crippen LogP contribution in [0.3, 0.4) is 0 Å². The summed E-state index contributed by atoms with van der Waals surface area (Å²) in [7, 11) is 0. The first-order chi connectivity index (χ1) is 13.3. The molecule has 0 saturated carbocycles. The van der Waals surface area contributed by atoms with Gasteiger partial charge in [-0.05, 0) is 42.0 Å². The number of carbonyl (C=O) groups excluding carboxylic acids is 1. The fraction of sp³-hybridized carbons (Fsp3) is 0.261. The molecule has 2 heterocycles. The second-order valence-corrected chi connectivity index (χ2v) is 7.22. The van der Waals surface area contributed by atoms with Crippen molar-refractivity contribution < 1.29 is 9.69 Å². The molecule has 0 unspecified atom stereocenters. The van der Waals surface area contributed by atoms with E-state index in [1.54, 1.807) is 4.90 Å². The number of hydrogen-bond acceptors (Lipinski definition) is 1. The Labute approximate surface area is 160 Å². The summed E-state index contributed by atoms with van der Waals surface area (Å²) in [6.45, 7) is 4.14. The molecule has 4 nitrogen and oxygen atoms in total. The monoisotopic (exact) mass is 360 g/mol. The smallest absolute Gasteiger partial charge is 0.251 e. The molecule has 0 bridgehead atoms. The quantitative estimate of drug-likeness (QED) is 0.697. The number of nitrogens with one attached hydrogen (secondary N) is 2. The lowest BCUT2D eigenvalue weighted by molar-refractivity contribution is -0.901. The van der Waals surface area contributed by atoms with Gasteiger partial charge in [0.15, 0.2) is 0 Å². The van der Waals surface area contributed by atoms with E-state index < -0.39 is 0 Å². The molecule has 0 spiro atoms. The first-order valence-corrected chi connectivity index (χ1v) is 9.71. The molecule has 0 aliphatic carbocycles. The Hall–Kier alpha value is -2.85. The first kappa shape index (κ1) is 17.6. The number of likely N-dealkylation sites (tertiary alicyclic amines) is 1. The highest BCUT2D eigenvalue weighted by atomic mass is 16.1. The van der Waals surface area contributed by atoms with Crippen LogP contribution < -0.4 is 10.2 Å². The van der Waals surface area contributed by atoms with Crippen LogP contribution in [0.4, 0.5) is 0 Å². The molecule has 1 aliphatic rings. The SMILES string of the molecule is O=C(NCc1ccccc1C[NH+]1CCCC1)c1ccc(-n2cccc2)cc1. The number of benzene rings is 2. The summed E-state index contributed by atoms with van der Waals surface area (Å²) in [5.74, 6) is -0.0302. The maximum atomic E-state index is 12.5. The van der Waals surface area contributed by atoms with E-state index in [9.17, 15) is 4.79 Å². The Morgan fingerprint density at radius 3 is 2.26 bits per heavy atom. The van der Waals surface area contributed by atoms with Gasteiger partial charge in [0, 0.05) is 48.6 Å². The number of hydrogen-bond donors (Lipinski definition) is 2. The Morgan fingerprint density at radius 1 is 0.889 bits per heavy atom. The second kappa shape index (κ2) is 8.23. The van der Waals surface area contributed by atoms with E-state index in [1.807, 2.05) is 53.4 Å². The molecule has 1 aliphatic heterocycles. The number of aromatic nitrogens is 1. The Balaban J connectivity index is 1.39. The minimum absolute atomic E-state index is 0.0302. The van der Waals surface area contributed by atoms with E-state index in [4.69, 9.17) is 0 Å². The van der Waals surface area contributed by atoms with E-state index in [0.29, 0.717) is 12.1 Å². The predicted octanol–water partition coefficient (Wildman–Crippen LogP) is 2.59. The van der Waals surface area contributed by atoms with Crippen LogP contribution in [0.1, 0.15) is 34.3 Å². The zero-order valence-corrected chi connectivity index (χ0v) is 15.5. The summed E-state index contributed by atoms with van der Waals surface area (Å²) in [5.41, 5.74) is 4.30. The van der Waals surface area contributed by atoms with Crippen molar-refractivity contribution in [1.29, 1.82) is 0 Å². The van der Waals surface area contributed by atoms with Gasteiger partial charge in [-0.3, -0.25) is 4.79 Å². The molecule has 1 saturated heterocycles. The van der Waals surface area contributed by atoms with Crippen molar-refractivity contribution in [1.82, 2.24) is 9.88 Å². The third-order valence-electron chi connectivity index (χ3n) is 5.34. The lowest BCUT2D eigenvalue weighted by Crippen LogP contribution is -3.08. The number of nitrogens with zero attached hydrogens (tertiary/aromatic N) is 1. The van der Waals surface area contributed by atoms with E-state index in [0.717, 1.165) is 12.2 Å². The highest BCUT2D eigenvalue weighted by molar-refractivity contribution is 5.94. The lowest BCUT2D eigenvalue weighted by atomic mass is 10.1. The number of carbonyl (C=O) groups is 1. The molecule has 4 rings (SSSR count). The summed E-state index contributed by atoms with van der Waals surface area (Å²) in [6, 6.07) is 20.1. The predicted molar refractivity (Wildman–Crippen MR) is 107 cm³/mol. The maximum Gasteiger partial charge on any atom is 0.251 e. The topological polar surface area (TPSA) is 38.5 Å². The Morgan fingerprint density at radius 2 is 1.56 bits per heavy atom. The second-order valence-electron chi connectivity index (χ2n) is 7.22. The van der Waals surface area contributed by atoms with Gasteiger partial charge in [0.05, 0.1) is 13.1 Å². The molecular formula is C23H26N3O+. The van der Waals surface area contributed by atoms with Crippen molar-refractivity contribution in [2.24, 2.45) is 0 Å². The fourth-order valence-electron chi connectivity index (χ4n) is 3.79. The standard InChI is InChI=1S/C23H25N3O/c27-23(19-9-11-22(12-10-19)26-15-5-6-16-26)24-17-20-7-1-2-8-21(20)18-25-13-3-4-14-25/h1-2,5-12,15-16H,3-4,13-14,17-18H2,(H,24,27)/p+1. The minimum atomic E-state index is -0.0302. The molecule has 0 atom stereocenters. The molecule has 2 N–H and O–H groups in total. The third-order valence-corrected chi connectivity index (χ3v) is 5.34. The van der Waals surface area contributed by atoms with Gasteiger partial charge in [-0.15, -0.1) is 0 Å². The fourth-order valence-corrected chi connectivity index (χ4v) is 3.79. The van der Waals surface area contributed by atoms with Crippen LogP contribution in [0.15, 0.2) is 73.1 Å². The minimum Gasteiger partial charge on any atom is -0.348 e. The van der Waals surface area contributed by atoms with Gasteiger partial charge >= 0.3 is 0 Å². The van der Waals surface area contributed by atoms with Crippen molar-refractivity contribution in [3.05, 3.63) is 89.7 Å². The van der Waals surface area contributed by atoms with E-state index in [1.165, 1.54) is 37.1 Å². The molecule has 2 aromatic carbocycles. The maximum absolute atomic E-state index is 12.5. The van der Waals surface area contributed by atoms with Crippen LogP contribution in [0.5, 0.6) is 0 Å². The van der Waals surface area contributed by atoms with Gasteiger partial charge in [-0.25, -0.2) is 0 Å². The van der Waals surface area contributed by atoms with Crippen LogP contribution in [0, 0.1) is 0 Å². The molecular weight excluding hydrogens is 334 g/mol. The zero-order chi connectivity index (χ0) is 18.5. The van der Waals surface area contributed by atoms with Crippen molar-refractivity contribution in [3.8, 4) is 5.69 Å². The number of rotatable bonds is 6. The molecule has 1 fully saturated rings. The average molecular weight is 360 g/mol. The van der Waals surface area contributed by atoms with Crippen molar-refractivity contribution in [2.45, 2.75) is 25.9 Å². The Bertz CT molecular complexity index is 878. The van der Waals surface area contributed by atoms with Crippen molar-refractivity contribution >= 4 is 5.91 Å². The van der Waals surface area contributed by atoms with Crippen LogP contribution in [0.25, 0.3) is 5.69 Å². The van der Waals surface area contributed by atoms with E-state index in [2.05, 4.69) is 29.6 Å². The molecule has 4 heteroatoms. The molecule has 1 aromatic heterocycles. The van der Waals surface area contributed by atoms with Crippen LogP contribution in [-0.4, -0.2) is 23.6 Å². The van der Waals surface area contributed by atoms with Gasteiger partial charge in [0.25, 0.3) is 5.91 Å².